The van der Waals surface area contributed by atoms with E-state index in [1.54, 1.807) is 24.3 Å². The zero-order valence-corrected chi connectivity index (χ0v) is 11.4. The van der Waals surface area contributed by atoms with Crippen molar-refractivity contribution >= 4 is 11.6 Å². The molecule has 0 heterocycles. The summed E-state index contributed by atoms with van der Waals surface area (Å²) in [6.07, 6.45) is -4.43. The Bertz CT molecular complexity index is 466. The van der Waals surface area contributed by atoms with Crippen LogP contribution in [0.2, 0.25) is 0 Å². The predicted octanol–water partition coefficient (Wildman–Crippen LogP) is 0.940. The first-order chi connectivity index (χ1) is 9.85. The molecule has 0 spiro atoms. The van der Waals surface area contributed by atoms with E-state index in [0.29, 0.717) is 11.3 Å². The highest BCUT2D eigenvalue weighted by molar-refractivity contribution is 5.93. The van der Waals surface area contributed by atoms with Gasteiger partial charge in [-0.1, -0.05) is 18.2 Å². The molecule has 0 aliphatic rings. The molecule has 0 aromatic heterocycles. The van der Waals surface area contributed by atoms with Crippen molar-refractivity contribution in [2.45, 2.75) is 12.7 Å². The Kier molecular flexibility index (Phi) is 6.60. The van der Waals surface area contributed by atoms with Gasteiger partial charge in [0.1, 0.15) is 0 Å². The van der Waals surface area contributed by atoms with E-state index in [0.717, 1.165) is 4.90 Å². The molecule has 0 atom stereocenters. The van der Waals surface area contributed by atoms with Crippen LogP contribution < -0.4 is 11.1 Å². The van der Waals surface area contributed by atoms with Crippen LogP contribution in [0.5, 0.6) is 0 Å². The van der Waals surface area contributed by atoms with E-state index in [1.807, 2.05) is 0 Å². The second kappa shape index (κ2) is 7.96. The zero-order valence-electron chi connectivity index (χ0n) is 11.4. The van der Waals surface area contributed by atoms with E-state index in [9.17, 15) is 18.0 Å². The van der Waals surface area contributed by atoms with Gasteiger partial charge in [0.25, 0.3) is 0 Å². The SMILES string of the molecule is NCc1ccccc1NC(=O)CN(CCO)CC(F)(F)F. The van der Waals surface area contributed by atoms with E-state index in [4.69, 9.17) is 10.8 Å². The van der Waals surface area contributed by atoms with E-state index in [1.165, 1.54) is 0 Å². The zero-order chi connectivity index (χ0) is 15.9. The fourth-order valence-electron chi connectivity index (χ4n) is 1.82. The topological polar surface area (TPSA) is 78.6 Å². The maximum atomic E-state index is 12.4. The Morgan fingerprint density at radius 3 is 2.57 bits per heavy atom. The first kappa shape index (κ1) is 17.4. The van der Waals surface area contributed by atoms with Crippen molar-refractivity contribution in [3.63, 3.8) is 0 Å². The van der Waals surface area contributed by atoms with Gasteiger partial charge in [-0.3, -0.25) is 9.69 Å². The molecule has 0 bridgehead atoms. The second-order valence-corrected chi connectivity index (χ2v) is 4.46. The molecule has 0 radical (unpaired) electrons. The Labute approximate surface area is 120 Å². The number of benzene rings is 1. The number of amides is 1. The Hall–Kier alpha value is -1.64. The standard InChI is InChI=1S/C13H18F3N3O2/c14-13(15,16)9-19(5-6-20)8-12(21)18-11-4-2-1-3-10(11)7-17/h1-4,20H,5-9,17H2,(H,18,21). The van der Waals surface area contributed by atoms with Gasteiger partial charge in [0.15, 0.2) is 0 Å². The Morgan fingerprint density at radius 2 is 2.00 bits per heavy atom. The summed E-state index contributed by atoms with van der Waals surface area (Å²) < 4.78 is 37.1. The number of alkyl halides is 3. The maximum Gasteiger partial charge on any atom is 0.401 e. The predicted molar refractivity (Wildman–Crippen MR) is 72.5 cm³/mol. The lowest BCUT2D eigenvalue weighted by Crippen LogP contribution is -2.41. The monoisotopic (exact) mass is 305 g/mol. The molecular weight excluding hydrogens is 287 g/mol. The molecule has 1 rings (SSSR count). The molecule has 0 saturated carbocycles. The first-order valence-electron chi connectivity index (χ1n) is 6.33. The van der Waals surface area contributed by atoms with Crippen LogP contribution in [0.25, 0.3) is 0 Å². The Balaban J connectivity index is 2.65. The number of halogens is 3. The highest BCUT2D eigenvalue weighted by Crippen LogP contribution is 2.17. The van der Waals surface area contributed by atoms with E-state index >= 15 is 0 Å². The number of aliphatic hydroxyl groups excluding tert-OH is 1. The van der Waals surface area contributed by atoms with Crippen molar-refractivity contribution in [2.24, 2.45) is 5.73 Å². The molecule has 1 amide bonds. The number of nitrogens with two attached hydrogens (primary N) is 1. The lowest BCUT2D eigenvalue weighted by molar-refractivity contribution is -0.148. The number of rotatable bonds is 7. The third-order valence-corrected chi connectivity index (χ3v) is 2.70. The van der Waals surface area contributed by atoms with Gasteiger partial charge in [-0.2, -0.15) is 13.2 Å². The fraction of sp³-hybridized carbons (Fsp3) is 0.462. The number of para-hydroxylation sites is 1. The summed E-state index contributed by atoms with van der Waals surface area (Å²) in [5, 5.41) is 11.3. The highest BCUT2D eigenvalue weighted by atomic mass is 19.4. The number of carbonyl (C=O) groups is 1. The van der Waals surface area contributed by atoms with Crippen molar-refractivity contribution in [2.75, 3.05) is 31.6 Å². The number of carbonyl (C=O) groups excluding carboxylic acids is 1. The maximum absolute atomic E-state index is 12.4. The van der Waals surface area contributed by atoms with Gasteiger partial charge in [-0.25, -0.2) is 0 Å². The molecule has 1 aromatic carbocycles. The summed E-state index contributed by atoms with van der Waals surface area (Å²) in [6.45, 7) is -2.19. The molecule has 8 heteroatoms. The quantitative estimate of drug-likeness (QED) is 0.700. The average molecular weight is 305 g/mol. The van der Waals surface area contributed by atoms with Crippen LogP contribution in [0, 0.1) is 0 Å². The van der Waals surface area contributed by atoms with Crippen molar-refractivity contribution in [1.29, 1.82) is 0 Å². The smallest absolute Gasteiger partial charge is 0.395 e. The van der Waals surface area contributed by atoms with Gasteiger partial charge in [0.2, 0.25) is 5.91 Å². The summed E-state index contributed by atoms with van der Waals surface area (Å²) in [4.78, 5) is 12.6. The molecule has 0 aliphatic heterocycles. The van der Waals surface area contributed by atoms with E-state index < -0.39 is 31.8 Å². The molecule has 0 fully saturated rings. The third-order valence-electron chi connectivity index (χ3n) is 2.70. The summed E-state index contributed by atoms with van der Waals surface area (Å²) >= 11 is 0. The van der Waals surface area contributed by atoms with Gasteiger partial charge >= 0.3 is 6.18 Å². The third kappa shape index (κ3) is 6.56. The molecule has 0 unspecified atom stereocenters. The molecule has 0 aliphatic carbocycles. The molecule has 118 valence electrons. The number of hydrogen-bond donors (Lipinski definition) is 3. The summed E-state index contributed by atoms with van der Waals surface area (Å²) in [6, 6.07) is 6.78. The molecule has 1 aromatic rings. The van der Waals surface area contributed by atoms with Crippen LogP contribution in [0.15, 0.2) is 24.3 Å². The highest BCUT2D eigenvalue weighted by Gasteiger charge is 2.31. The van der Waals surface area contributed by atoms with E-state index in [2.05, 4.69) is 5.32 Å². The lowest BCUT2D eigenvalue weighted by Gasteiger charge is -2.22. The Morgan fingerprint density at radius 1 is 1.33 bits per heavy atom. The van der Waals surface area contributed by atoms with Crippen LogP contribution in [0.3, 0.4) is 0 Å². The fourth-order valence-corrected chi connectivity index (χ4v) is 1.82. The van der Waals surface area contributed by atoms with Gasteiger partial charge in [-0.05, 0) is 11.6 Å². The number of aliphatic hydroxyl groups is 1. The first-order valence-corrected chi connectivity index (χ1v) is 6.33. The van der Waals surface area contributed by atoms with Crippen LogP contribution in [-0.4, -0.2) is 48.3 Å². The van der Waals surface area contributed by atoms with E-state index in [-0.39, 0.29) is 13.1 Å². The van der Waals surface area contributed by atoms with Crippen molar-refractivity contribution in [3.8, 4) is 0 Å². The minimum absolute atomic E-state index is 0.208. The van der Waals surface area contributed by atoms with Crippen LogP contribution >= 0.6 is 0 Å². The molecule has 4 N–H and O–H groups in total. The van der Waals surface area contributed by atoms with Gasteiger partial charge in [-0.15, -0.1) is 0 Å². The largest absolute Gasteiger partial charge is 0.401 e. The number of nitrogens with one attached hydrogen (secondary N) is 1. The van der Waals surface area contributed by atoms with Crippen molar-refractivity contribution < 1.29 is 23.1 Å². The van der Waals surface area contributed by atoms with Crippen LogP contribution in [-0.2, 0) is 11.3 Å². The van der Waals surface area contributed by atoms with Crippen molar-refractivity contribution in [1.82, 2.24) is 4.90 Å². The average Bonchev–Trinajstić information content (AvgIpc) is 2.37. The van der Waals surface area contributed by atoms with Crippen LogP contribution in [0.4, 0.5) is 18.9 Å². The van der Waals surface area contributed by atoms with Crippen molar-refractivity contribution in [3.05, 3.63) is 29.8 Å². The summed E-state index contributed by atoms with van der Waals surface area (Å²) in [5.74, 6) is -0.589. The lowest BCUT2D eigenvalue weighted by atomic mass is 10.2. The second-order valence-electron chi connectivity index (χ2n) is 4.46. The molecular formula is C13H18F3N3O2. The van der Waals surface area contributed by atoms with Gasteiger partial charge < -0.3 is 16.2 Å². The van der Waals surface area contributed by atoms with Gasteiger partial charge in [0, 0.05) is 18.8 Å². The van der Waals surface area contributed by atoms with Gasteiger partial charge in [0.05, 0.1) is 19.7 Å². The summed E-state index contributed by atoms with van der Waals surface area (Å²) in [7, 11) is 0. The number of anilines is 1. The molecule has 5 nitrogen and oxygen atoms in total. The minimum Gasteiger partial charge on any atom is -0.395 e. The molecule has 0 saturated heterocycles. The molecule has 21 heavy (non-hydrogen) atoms. The minimum atomic E-state index is -4.43. The summed E-state index contributed by atoms with van der Waals surface area (Å²) in [5.41, 5.74) is 6.68. The normalized spacial score (nSPS) is 11.7. The number of nitrogens with zero attached hydrogens (tertiary/aromatic N) is 1. The van der Waals surface area contributed by atoms with Crippen LogP contribution in [0.1, 0.15) is 5.56 Å². The number of hydrogen-bond acceptors (Lipinski definition) is 4.